The average molecular weight is 521 g/mol. The molecule has 2 aromatic rings. The summed E-state index contributed by atoms with van der Waals surface area (Å²) in [4.78, 5) is 27.1. The highest BCUT2D eigenvalue weighted by molar-refractivity contribution is 7.92. The van der Waals surface area contributed by atoms with Crippen LogP contribution >= 0.6 is 34.8 Å². The molecular formula is C21H24Cl3N3O4S. The van der Waals surface area contributed by atoms with Gasteiger partial charge in [0.05, 0.1) is 22.0 Å². The Labute approximate surface area is 203 Å². The standard InChI is InChI=1S/C21H24Cl3N3O4S/c1-4-25-21(29)14(2)26(12-15-7-5-8-16(22)11-15)19(28)13-27(32(3,30)31)18-10-6-9-17(23)20(18)24/h5-11,14H,4,12-13H2,1-3H3,(H,25,29). The van der Waals surface area contributed by atoms with Crippen LogP contribution in [0, 0.1) is 0 Å². The molecule has 32 heavy (non-hydrogen) atoms. The molecule has 0 aliphatic rings. The lowest BCUT2D eigenvalue weighted by Crippen LogP contribution is -2.51. The summed E-state index contributed by atoms with van der Waals surface area (Å²) in [5.74, 6) is -0.959. The molecule has 2 amide bonds. The molecule has 0 aromatic heterocycles. The number of hydrogen-bond donors (Lipinski definition) is 1. The van der Waals surface area contributed by atoms with E-state index in [0.717, 1.165) is 10.6 Å². The number of halogens is 3. The van der Waals surface area contributed by atoms with Crippen molar-refractivity contribution in [2.24, 2.45) is 0 Å². The van der Waals surface area contributed by atoms with E-state index in [1.165, 1.54) is 23.1 Å². The van der Waals surface area contributed by atoms with Gasteiger partial charge in [0.25, 0.3) is 0 Å². The Kier molecular flexibility index (Phi) is 9.21. The minimum atomic E-state index is -3.90. The number of nitrogens with zero attached hydrogens (tertiary/aromatic N) is 2. The molecule has 1 unspecified atom stereocenters. The van der Waals surface area contributed by atoms with Crippen LogP contribution in [0.1, 0.15) is 19.4 Å². The first-order valence-electron chi connectivity index (χ1n) is 9.69. The minimum Gasteiger partial charge on any atom is -0.355 e. The summed E-state index contributed by atoms with van der Waals surface area (Å²) in [6, 6.07) is 10.5. The van der Waals surface area contributed by atoms with Crippen molar-refractivity contribution in [2.75, 3.05) is 23.7 Å². The number of carbonyl (C=O) groups is 2. The van der Waals surface area contributed by atoms with Crippen LogP contribution in [-0.2, 0) is 26.2 Å². The third-order valence-corrected chi connectivity index (χ3v) is 6.81. The van der Waals surface area contributed by atoms with Crippen LogP contribution in [-0.4, -0.2) is 50.5 Å². The van der Waals surface area contributed by atoms with Crippen molar-refractivity contribution in [1.82, 2.24) is 10.2 Å². The quantitative estimate of drug-likeness (QED) is 0.542. The van der Waals surface area contributed by atoms with Gasteiger partial charge in [0.1, 0.15) is 12.6 Å². The number of hydrogen-bond acceptors (Lipinski definition) is 4. The van der Waals surface area contributed by atoms with E-state index in [2.05, 4.69) is 5.32 Å². The molecule has 7 nitrogen and oxygen atoms in total. The zero-order valence-corrected chi connectivity index (χ0v) is 20.9. The smallest absolute Gasteiger partial charge is 0.244 e. The summed E-state index contributed by atoms with van der Waals surface area (Å²) in [5, 5.41) is 3.31. The Hall–Kier alpha value is -2.00. The summed E-state index contributed by atoms with van der Waals surface area (Å²) < 4.78 is 25.9. The third kappa shape index (κ3) is 6.75. The van der Waals surface area contributed by atoms with Crippen LogP contribution in [0.4, 0.5) is 5.69 Å². The van der Waals surface area contributed by atoms with Crippen LogP contribution in [0.15, 0.2) is 42.5 Å². The molecule has 0 heterocycles. The van der Waals surface area contributed by atoms with E-state index in [1.54, 1.807) is 38.1 Å². The molecule has 0 saturated heterocycles. The average Bonchev–Trinajstić information content (AvgIpc) is 2.71. The predicted octanol–water partition coefficient (Wildman–Crippen LogP) is 3.97. The minimum absolute atomic E-state index is 0.00515. The van der Waals surface area contributed by atoms with Gasteiger partial charge < -0.3 is 10.2 Å². The lowest BCUT2D eigenvalue weighted by molar-refractivity contribution is -0.139. The Morgan fingerprint density at radius 1 is 1.09 bits per heavy atom. The number of nitrogens with one attached hydrogen (secondary N) is 1. The molecule has 2 aromatic carbocycles. The Balaban J connectivity index is 2.43. The molecule has 0 fully saturated rings. The molecule has 0 spiro atoms. The van der Waals surface area contributed by atoms with Crippen LogP contribution in [0.25, 0.3) is 0 Å². The van der Waals surface area contributed by atoms with Crippen LogP contribution < -0.4 is 9.62 Å². The maximum Gasteiger partial charge on any atom is 0.244 e. The number of sulfonamides is 1. The normalized spacial score (nSPS) is 12.2. The van der Waals surface area contributed by atoms with Gasteiger partial charge in [-0.25, -0.2) is 8.42 Å². The predicted molar refractivity (Wildman–Crippen MR) is 129 cm³/mol. The number of amides is 2. The molecular weight excluding hydrogens is 497 g/mol. The van der Waals surface area contributed by atoms with Gasteiger partial charge in [-0.05, 0) is 43.7 Å². The van der Waals surface area contributed by atoms with Crippen LogP contribution in [0.5, 0.6) is 0 Å². The molecule has 2 rings (SSSR count). The maximum atomic E-state index is 13.3. The van der Waals surface area contributed by atoms with Gasteiger partial charge in [0.15, 0.2) is 0 Å². The molecule has 0 aliphatic carbocycles. The van der Waals surface area contributed by atoms with Gasteiger partial charge in [0, 0.05) is 18.1 Å². The molecule has 1 atom stereocenters. The Bertz CT molecular complexity index is 1100. The second-order valence-corrected chi connectivity index (χ2v) is 10.2. The van der Waals surface area contributed by atoms with E-state index in [1.807, 2.05) is 0 Å². The first-order valence-corrected chi connectivity index (χ1v) is 12.7. The summed E-state index contributed by atoms with van der Waals surface area (Å²) in [7, 11) is -3.90. The number of anilines is 1. The van der Waals surface area contributed by atoms with E-state index in [-0.39, 0.29) is 28.2 Å². The molecule has 0 aliphatic heterocycles. The van der Waals surface area contributed by atoms with Crippen molar-refractivity contribution in [1.29, 1.82) is 0 Å². The Morgan fingerprint density at radius 3 is 2.34 bits per heavy atom. The first kappa shape index (κ1) is 26.3. The number of benzene rings is 2. The highest BCUT2D eigenvalue weighted by Crippen LogP contribution is 2.33. The number of carbonyl (C=O) groups excluding carboxylic acids is 2. The van der Waals surface area contributed by atoms with Gasteiger partial charge in [-0.3, -0.25) is 13.9 Å². The fraction of sp³-hybridized carbons (Fsp3) is 0.333. The fourth-order valence-corrected chi connectivity index (χ4v) is 4.53. The van der Waals surface area contributed by atoms with E-state index in [4.69, 9.17) is 34.8 Å². The van der Waals surface area contributed by atoms with E-state index in [9.17, 15) is 18.0 Å². The number of likely N-dealkylation sites (N-methyl/N-ethyl adjacent to an activating group) is 1. The lowest BCUT2D eigenvalue weighted by Gasteiger charge is -2.31. The van der Waals surface area contributed by atoms with Gasteiger partial charge in [0.2, 0.25) is 21.8 Å². The number of rotatable bonds is 9. The van der Waals surface area contributed by atoms with Crippen molar-refractivity contribution in [3.05, 3.63) is 63.1 Å². The second-order valence-electron chi connectivity index (χ2n) is 7.06. The molecule has 0 saturated carbocycles. The van der Waals surface area contributed by atoms with E-state index >= 15 is 0 Å². The van der Waals surface area contributed by atoms with Crippen LogP contribution in [0.3, 0.4) is 0 Å². The van der Waals surface area contributed by atoms with Gasteiger partial charge in [-0.1, -0.05) is 53.0 Å². The summed E-state index contributed by atoms with van der Waals surface area (Å²) >= 11 is 18.3. The summed E-state index contributed by atoms with van der Waals surface area (Å²) in [6.07, 6.45) is 0.964. The molecule has 174 valence electrons. The van der Waals surface area contributed by atoms with E-state index < -0.39 is 28.5 Å². The van der Waals surface area contributed by atoms with Crippen molar-refractivity contribution in [3.63, 3.8) is 0 Å². The van der Waals surface area contributed by atoms with Gasteiger partial charge >= 0.3 is 0 Å². The van der Waals surface area contributed by atoms with Gasteiger partial charge in [-0.2, -0.15) is 0 Å². The molecule has 1 N–H and O–H groups in total. The zero-order chi connectivity index (χ0) is 24.1. The lowest BCUT2D eigenvalue weighted by atomic mass is 10.1. The van der Waals surface area contributed by atoms with Crippen molar-refractivity contribution >= 4 is 62.3 Å². The highest BCUT2D eigenvalue weighted by atomic mass is 35.5. The largest absolute Gasteiger partial charge is 0.355 e. The Morgan fingerprint density at radius 2 is 1.75 bits per heavy atom. The van der Waals surface area contributed by atoms with Crippen molar-refractivity contribution in [2.45, 2.75) is 26.4 Å². The summed E-state index contributed by atoms with van der Waals surface area (Å²) in [6.45, 7) is 3.21. The van der Waals surface area contributed by atoms with Crippen molar-refractivity contribution in [3.8, 4) is 0 Å². The van der Waals surface area contributed by atoms with Crippen LogP contribution in [0.2, 0.25) is 15.1 Å². The monoisotopic (exact) mass is 519 g/mol. The molecule has 0 bridgehead atoms. The topological polar surface area (TPSA) is 86.8 Å². The third-order valence-electron chi connectivity index (χ3n) is 4.64. The van der Waals surface area contributed by atoms with E-state index in [0.29, 0.717) is 17.1 Å². The summed E-state index contributed by atoms with van der Waals surface area (Å²) in [5.41, 5.74) is 0.761. The van der Waals surface area contributed by atoms with Crippen molar-refractivity contribution < 1.29 is 18.0 Å². The van der Waals surface area contributed by atoms with Gasteiger partial charge in [-0.15, -0.1) is 0 Å². The highest BCUT2D eigenvalue weighted by Gasteiger charge is 2.30. The fourth-order valence-electron chi connectivity index (χ4n) is 3.02. The SMILES string of the molecule is CCNC(=O)C(C)N(Cc1cccc(Cl)c1)C(=O)CN(c1cccc(Cl)c1Cl)S(C)(=O)=O. The molecule has 0 radical (unpaired) electrons. The molecule has 11 heteroatoms. The second kappa shape index (κ2) is 11.2. The maximum absolute atomic E-state index is 13.3. The first-order chi connectivity index (χ1) is 15.0. The zero-order valence-electron chi connectivity index (χ0n) is 17.8.